The van der Waals surface area contributed by atoms with Crippen LogP contribution in [0.5, 0.6) is 5.75 Å². The van der Waals surface area contributed by atoms with Crippen LogP contribution in [0.3, 0.4) is 0 Å². The number of carbonyl (C=O) groups excluding carboxylic acids is 2. The molecule has 0 aliphatic rings. The van der Waals surface area contributed by atoms with Crippen LogP contribution >= 0.6 is 0 Å². The zero-order valence-electron chi connectivity index (χ0n) is 15.1. The van der Waals surface area contributed by atoms with E-state index in [2.05, 4.69) is 21.8 Å². The number of ether oxygens (including phenoxy) is 1. The molecule has 0 aliphatic carbocycles. The number of anilines is 1. The van der Waals surface area contributed by atoms with Gasteiger partial charge in [0.25, 0.3) is 0 Å². The number of para-hydroxylation sites is 1. The Bertz CT molecular complexity index is 852. The van der Waals surface area contributed by atoms with Crippen molar-refractivity contribution in [2.45, 2.75) is 19.8 Å². The number of terminal acetylenes is 1. The lowest BCUT2D eigenvalue weighted by Gasteiger charge is -2.09. The number of aryl methyl sites for hydroxylation is 1. The minimum atomic E-state index is -0.494. The van der Waals surface area contributed by atoms with Crippen molar-refractivity contribution < 1.29 is 14.3 Å². The number of amides is 2. The largest absolute Gasteiger partial charge is 0.481 e. The Morgan fingerprint density at radius 2 is 1.89 bits per heavy atom. The van der Waals surface area contributed by atoms with Gasteiger partial charge in [-0.25, -0.2) is 5.43 Å². The average molecular weight is 363 g/mol. The van der Waals surface area contributed by atoms with Gasteiger partial charge in [0.2, 0.25) is 11.8 Å². The second kappa shape index (κ2) is 10.4. The highest BCUT2D eigenvalue weighted by atomic mass is 16.5. The summed E-state index contributed by atoms with van der Waals surface area (Å²) < 4.78 is 5.27. The van der Waals surface area contributed by atoms with E-state index in [4.69, 9.17) is 11.2 Å². The van der Waals surface area contributed by atoms with Gasteiger partial charge in [-0.3, -0.25) is 9.59 Å². The van der Waals surface area contributed by atoms with E-state index >= 15 is 0 Å². The highest BCUT2D eigenvalue weighted by Gasteiger charge is 2.10. The van der Waals surface area contributed by atoms with Crippen LogP contribution in [0.2, 0.25) is 0 Å². The smallest absolute Gasteiger partial charge is 0.249 e. The van der Waals surface area contributed by atoms with Crippen molar-refractivity contribution in [3.63, 3.8) is 0 Å². The summed E-state index contributed by atoms with van der Waals surface area (Å²) in [4.78, 5) is 23.8. The second-order valence-corrected chi connectivity index (χ2v) is 5.59. The van der Waals surface area contributed by atoms with Crippen LogP contribution in [0, 0.1) is 12.3 Å². The molecule has 0 fully saturated rings. The number of nitrogens with one attached hydrogen (secondary N) is 2. The molecule has 6 nitrogen and oxygen atoms in total. The second-order valence-electron chi connectivity index (χ2n) is 5.59. The highest BCUT2D eigenvalue weighted by molar-refractivity contribution is 6.04. The Balaban J connectivity index is 1.80. The van der Waals surface area contributed by atoms with E-state index in [1.54, 1.807) is 24.3 Å². The first-order valence-corrected chi connectivity index (χ1v) is 8.48. The van der Waals surface area contributed by atoms with Crippen molar-refractivity contribution in [3.8, 4) is 18.1 Å². The molecule has 0 heterocycles. The first kappa shape index (κ1) is 19.7. The fraction of sp³-hybridized carbons (Fsp3) is 0.190. The lowest BCUT2D eigenvalue weighted by atomic mass is 10.1. The molecule has 2 N–H and O–H groups in total. The Morgan fingerprint density at radius 1 is 1.15 bits per heavy atom. The maximum absolute atomic E-state index is 12.0. The maximum atomic E-state index is 12.0. The molecule has 0 aliphatic heterocycles. The number of nitrogens with zero attached hydrogens (tertiary/aromatic N) is 1. The van der Waals surface area contributed by atoms with Crippen molar-refractivity contribution in [2.75, 3.05) is 11.9 Å². The average Bonchev–Trinajstić information content (AvgIpc) is 2.67. The molecule has 2 rings (SSSR count). The van der Waals surface area contributed by atoms with E-state index in [0.29, 0.717) is 11.4 Å². The van der Waals surface area contributed by atoms with Gasteiger partial charge in [-0.1, -0.05) is 31.0 Å². The van der Waals surface area contributed by atoms with Gasteiger partial charge in [0.05, 0.1) is 6.21 Å². The quantitative estimate of drug-likeness (QED) is 0.328. The third-order valence-electron chi connectivity index (χ3n) is 3.60. The summed E-state index contributed by atoms with van der Waals surface area (Å²) in [6, 6.07) is 14.5. The SMILES string of the molecule is C#CCOc1ccc(C=NNC(=O)CC(=O)Nc2ccccc2CC)cc1. The van der Waals surface area contributed by atoms with Crippen molar-refractivity contribution in [1.29, 1.82) is 0 Å². The molecule has 0 saturated heterocycles. The monoisotopic (exact) mass is 363 g/mol. The van der Waals surface area contributed by atoms with Crippen LogP contribution in [0.15, 0.2) is 53.6 Å². The van der Waals surface area contributed by atoms with E-state index in [1.165, 1.54) is 6.21 Å². The Hall–Kier alpha value is -3.59. The van der Waals surface area contributed by atoms with Crippen molar-refractivity contribution in [2.24, 2.45) is 5.10 Å². The van der Waals surface area contributed by atoms with Crippen LogP contribution < -0.4 is 15.5 Å². The molecule has 0 radical (unpaired) electrons. The molecule has 0 saturated carbocycles. The molecule has 0 atom stereocenters. The van der Waals surface area contributed by atoms with Crippen LogP contribution in [0.25, 0.3) is 0 Å². The molecule has 0 unspecified atom stereocenters. The van der Waals surface area contributed by atoms with E-state index in [0.717, 1.165) is 17.5 Å². The summed E-state index contributed by atoms with van der Waals surface area (Å²) >= 11 is 0. The molecule has 6 heteroatoms. The lowest BCUT2D eigenvalue weighted by Crippen LogP contribution is -2.25. The summed E-state index contributed by atoms with van der Waals surface area (Å²) in [5.41, 5.74) is 4.83. The number of hydrazone groups is 1. The third-order valence-corrected chi connectivity index (χ3v) is 3.60. The van der Waals surface area contributed by atoms with E-state index in [1.807, 2.05) is 31.2 Å². The zero-order valence-corrected chi connectivity index (χ0v) is 15.1. The van der Waals surface area contributed by atoms with Gasteiger partial charge in [-0.05, 0) is 47.9 Å². The van der Waals surface area contributed by atoms with E-state index in [-0.39, 0.29) is 13.0 Å². The summed E-state index contributed by atoms with van der Waals surface area (Å²) in [5.74, 6) is 2.15. The summed E-state index contributed by atoms with van der Waals surface area (Å²) in [7, 11) is 0. The normalized spacial score (nSPS) is 10.2. The lowest BCUT2D eigenvalue weighted by molar-refractivity contribution is -0.126. The van der Waals surface area contributed by atoms with Gasteiger partial charge < -0.3 is 10.1 Å². The number of rotatable bonds is 8. The predicted octanol–water partition coefficient (Wildman–Crippen LogP) is 2.74. The minimum absolute atomic E-state index is 0.203. The minimum Gasteiger partial charge on any atom is -0.481 e. The zero-order chi connectivity index (χ0) is 19.5. The number of benzene rings is 2. The highest BCUT2D eigenvalue weighted by Crippen LogP contribution is 2.15. The molecule has 2 amide bonds. The predicted molar refractivity (Wildman–Crippen MR) is 106 cm³/mol. The standard InChI is InChI=1S/C21H21N3O3/c1-3-13-27-18-11-9-16(10-12-18)15-22-24-21(26)14-20(25)23-19-8-6-5-7-17(19)4-2/h1,5-12,15H,4,13-14H2,2H3,(H,23,25)(H,24,26). The summed E-state index contributed by atoms with van der Waals surface area (Å²) in [5, 5.41) is 6.59. The molecule has 2 aromatic carbocycles. The molecular formula is C21H21N3O3. The number of hydrogen-bond acceptors (Lipinski definition) is 4. The Kier molecular flexibility index (Phi) is 7.61. The van der Waals surface area contributed by atoms with Gasteiger partial charge in [-0.15, -0.1) is 6.42 Å². The number of hydrogen-bond donors (Lipinski definition) is 2. The first-order chi connectivity index (χ1) is 13.1. The molecule has 27 heavy (non-hydrogen) atoms. The Labute approximate surface area is 158 Å². The first-order valence-electron chi connectivity index (χ1n) is 8.48. The molecule has 0 aromatic heterocycles. The number of carbonyl (C=O) groups is 2. The van der Waals surface area contributed by atoms with Gasteiger partial charge in [0.1, 0.15) is 18.8 Å². The van der Waals surface area contributed by atoms with Crippen LogP contribution in [-0.2, 0) is 16.0 Å². The van der Waals surface area contributed by atoms with Crippen LogP contribution in [0.1, 0.15) is 24.5 Å². The van der Waals surface area contributed by atoms with Crippen molar-refractivity contribution >= 4 is 23.7 Å². The molecule has 2 aromatic rings. The molecular weight excluding hydrogens is 342 g/mol. The fourth-order valence-corrected chi connectivity index (χ4v) is 2.28. The maximum Gasteiger partial charge on any atom is 0.249 e. The van der Waals surface area contributed by atoms with Crippen LogP contribution in [-0.4, -0.2) is 24.6 Å². The Morgan fingerprint density at radius 3 is 2.59 bits per heavy atom. The molecule has 138 valence electrons. The molecule has 0 spiro atoms. The van der Waals surface area contributed by atoms with E-state index in [9.17, 15) is 9.59 Å². The van der Waals surface area contributed by atoms with Crippen molar-refractivity contribution in [3.05, 3.63) is 59.7 Å². The summed E-state index contributed by atoms with van der Waals surface area (Å²) in [6.45, 7) is 2.20. The molecule has 0 bridgehead atoms. The van der Waals surface area contributed by atoms with Gasteiger partial charge in [0.15, 0.2) is 0 Å². The topological polar surface area (TPSA) is 79.8 Å². The van der Waals surface area contributed by atoms with Gasteiger partial charge >= 0.3 is 0 Å². The van der Waals surface area contributed by atoms with Crippen molar-refractivity contribution in [1.82, 2.24) is 5.43 Å². The van der Waals surface area contributed by atoms with E-state index < -0.39 is 11.8 Å². The van der Waals surface area contributed by atoms with Gasteiger partial charge in [-0.2, -0.15) is 5.10 Å². The van der Waals surface area contributed by atoms with Crippen LogP contribution in [0.4, 0.5) is 5.69 Å². The summed E-state index contributed by atoms with van der Waals surface area (Å²) in [6.07, 6.45) is 7.09. The third kappa shape index (κ3) is 6.67. The van der Waals surface area contributed by atoms with Gasteiger partial charge in [0, 0.05) is 5.69 Å². The fourth-order valence-electron chi connectivity index (χ4n) is 2.28.